The van der Waals surface area contributed by atoms with E-state index in [9.17, 15) is 8.42 Å². The molecule has 8 heteroatoms. The van der Waals surface area contributed by atoms with E-state index in [-0.39, 0.29) is 12.3 Å². The number of aromatic nitrogens is 3. The van der Waals surface area contributed by atoms with Crippen LogP contribution >= 0.6 is 11.8 Å². The van der Waals surface area contributed by atoms with E-state index in [1.54, 1.807) is 11.8 Å². The lowest BCUT2D eigenvalue weighted by Gasteiger charge is -2.11. The molecule has 0 bridgehead atoms. The van der Waals surface area contributed by atoms with Gasteiger partial charge in [0.05, 0.1) is 12.3 Å². The average Bonchev–Trinajstić information content (AvgIpc) is 3.14. The van der Waals surface area contributed by atoms with Crippen LogP contribution in [0.15, 0.2) is 59.8 Å². The molecule has 0 amide bonds. The highest BCUT2D eigenvalue weighted by molar-refractivity contribution is 7.98. The minimum atomic E-state index is -3.33. The second-order valence-electron chi connectivity index (χ2n) is 6.84. The quantitative estimate of drug-likeness (QED) is 0.490. The monoisotopic (exact) mass is 430 g/mol. The van der Waals surface area contributed by atoms with Crippen LogP contribution in [0, 0.1) is 6.92 Å². The summed E-state index contributed by atoms with van der Waals surface area (Å²) in [5.41, 5.74) is 3.26. The maximum Gasteiger partial charge on any atom is 0.212 e. The van der Waals surface area contributed by atoms with Gasteiger partial charge < -0.3 is 0 Å². The average molecular weight is 431 g/mol. The molecule has 0 aliphatic carbocycles. The first-order valence-electron chi connectivity index (χ1n) is 9.64. The molecule has 0 fully saturated rings. The highest BCUT2D eigenvalue weighted by Crippen LogP contribution is 2.25. The predicted octanol–water partition coefficient (Wildman–Crippen LogP) is 4.09. The number of nitrogens with zero attached hydrogens (tertiary/aromatic N) is 3. The van der Waals surface area contributed by atoms with Crippen LogP contribution in [0.25, 0.3) is 5.69 Å². The molecule has 0 saturated heterocycles. The predicted molar refractivity (Wildman–Crippen MR) is 118 cm³/mol. The minimum absolute atomic E-state index is 0.110. The van der Waals surface area contributed by atoms with Gasteiger partial charge in [-0.15, -0.1) is 10.2 Å². The Morgan fingerprint density at radius 3 is 2.45 bits per heavy atom. The van der Waals surface area contributed by atoms with Crippen LogP contribution in [0.4, 0.5) is 0 Å². The Hall–Kier alpha value is -2.16. The maximum absolute atomic E-state index is 12.2. The third kappa shape index (κ3) is 6.16. The number of nitrogens with one attached hydrogen (secondary N) is 1. The Kier molecular flexibility index (Phi) is 7.46. The molecule has 0 aliphatic heterocycles. The van der Waals surface area contributed by atoms with Crippen molar-refractivity contribution in [2.45, 2.75) is 44.1 Å². The van der Waals surface area contributed by atoms with Crippen molar-refractivity contribution in [1.29, 1.82) is 0 Å². The molecule has 0 unspecified atom stereocenters. The van der Waals surface area contributed by atoms with Crippen LogP contribution in [0.1, 0.15) is 36.7 Å². The summed E-state index contributed by atoms with van der Waals surface area (Å²) in [4.78, 5) is 0. The topological polar surface area (TPSA) is 76.9 Å². The highest BCUT2D eigenvalue weighted by Gasteiger charge is 2.17. The third-order valence-corrected chi connectivity index (χ3v) is 6.83. The van der Waals surface area contributed by atoms with Crippen molar-refractivity contribution >= 4 is 21.8 Å². The third-order valence-electron chi connectivity index (χ3n) is 4.42. The number of hydrogen-bond acceptors (Lipinski definition) is 5. The van der Waals surface area contributed by atoms with Crippen LogP contribution in [-0.2, 0) is 22.3 Å². The van der Waals surface area contributed by atoms with Gasteiger partial charge >= 0.3 is 0 Å². The second-order valence-corrected chi connectivity index (χ2v) is 9.71. The van der Waals surface area contributed by atoms with Gasteiger partial charge in [-0.25, -0.2) is 13.1 Å². The van der Waals surface area contributed by atoms with Crippen molar-refractivity contribution in [3.05, 3.63) is 71.5 Å². The summed E-state index contributed by atoms with van der Waals surface area (Å²) in [5, 5.41) is 9.35. The number of sulfonamides is 1. The molecule has 3 rings (SSSR count). The molecule has 0 atom stereocenters. The Morgan fingerprint density at radius 1 is 1.03 bits per heavy atom. The first kappa shape index (κ1) is 21.5. The van der Waals surface area contributed by atoms with Crippen molar-refractivity contribution in [3.63, 3.8) is 0 Å². The normalized spacial score (nSPS) is 11.7. The van der Waals surface area contributed by atoms with E-state index in [4.69, 9.17) is 0 Å². The first-order valence-corrected chi connectivity index (χ1v) is 12.3. The molecule has 2 aromatic carbocycles. The highest BCUT2D eigenvalue weighted by atomic mass is 32.2. The van der Waals surface area contributed by atoms with Crippen LogP contribution in [-0.4, -0.2) is 28.9 Å². The fraction of sp³-hybridized carbons (Fsp3) is 0.333. The summed E-state index contributed by atoms with van der Waals surface area (Å²) >= 11 is 1.58. The summed E-state index contributed by atoms with van der Waals surface area (Å²) in [6.07, 6.45) is 1.47. The van der Waals surface area contributed by atoms with Gasteiger partial charge in [0.15, 0.2) is 11.0 Å². The largest absolute Gasteiger partial charge is 0.273 e. The van der Waals surface area contributed by atoms with Gasteiger partial charge in [-0.05, 0) is 31.0 Å². The standard InChI is InChI=1S/C21H26N4O2S2/c1-3-4-14-29(26,27)22-15-20-23-24-21(28-16-18-8-6-5-7-9-18)25(20)19-12-10-17(2)11-13-19/h5-13,22H,3-4,14-16H2,1-2H3. The zero-order valence-electron chi connectivity index (χ0n) is 16.7. The van der Waals surface area contributed by atoms with Crippen LogP contribution < -0.4 is 4.72 Å². The molecule has 0 spiro atoms. The van der Waals surface area contributed by atoms with Gasteiger partial charge in [-0.3, -0.25) is 4.57 Å². The molecule has 1 heterocycles. The molecule has 6 nitrogen and oxygen atoms in total. The molecule has 0 radical (unpaired) electrons. The fourth-order valence-electron chi connectivity index (χ4n) is 2.76. The van der Waals surface area contributed by atoms with Crippen LogP contribution in [0.2, 0.25) is 0 Å². The van der Waals surface area contributed by atoms with Gasteiger partial charge in [0, 0.05) is 11.4 Å². The Balaban J connectivity index is 1.84. The van der Waals surface area contributed by atoms with Crippen molar-refractivity contribution < 1.29 is 8.42 Å². The summed E-state index contributed by atoms with van der Waals surface area (Å²) in [6.45, 7) is 4.11. The zero-order chi connectivity index (χ0) is 20.7. The maximum atomic E-state index is 12.2. The van der Waals surface area contributed by atoms with E-state index in [2.05, 4.69) is 27.1 Å². The Bertz CT molecular complexity index is 1020. The molecule has 29 heavy (non-hydrogen) atoms. The minimum Gasteiger partial charge on any atom is -0.273 e. The van der Waals surface area contributed by atoms with E-state index in [0.717, 1.165) is 28.6 Å². The van der Waals surface area contributed by atoms with E-state index in [1.807, 2.05) is 60.9 Å². The lowest BCUT2D eigenvalue weighted by molar-refractivity contribution is 0.575. The number of benzene rings is 2. The van der Waals surface area contributed by atoms with Crippen molar-refractivity contribution in [3.8, 4) is 5.69 Å². The lowest BCUT2D eigenvalue weighted by Crippen LogP contribution is -2.27. The zero-order valence-corrected chi connectivity index (χ0v) is 18.3. The van der Waals surface area contributed by atoms with Gasteiger partial charge in [0.2, 0.25) is 10.0 Å². The molecular formula is C21H26N4O2S2. The van der Waals surface area contributed by atoms with Crippen LogP contribution in [0.5, 0.6) is 0 Å². The fourth-order valence-corrected chi connectivity index (χ4v) is 4.85. The molecule has 1 N–H and O–H groups in total. The smallest absolute Gasteiger partial charge is 0.212 e. The summed E-state index contributed by atoms with van der Waals surface area (Å²) in [6, 6.07) is 18.2. The van der Waals surface area contributed by atoms with E-state index in [1.165, 1.54) is 5.56 Å². The second kappa shape index (κ2) is 10.0. The number of rotatable bonds is 10. The van der Waals surface area contributed by atoms with Crippen LogP contribution in [0.3, 0.4) is 0 Å². The first-order chi connectivity index (χ1) is 14.0. The molecule has 3 aromatic rings. The Morgan fingerprint density at radius 2 is 1.76 bits per heavy atom. The summed E-state index contributed by atoms with van der Waals surface area (Å²) in [7, 11) is -3.33. The molecule has 0 aliphatic rings. The molecule has 154 valence electrons. The van der Waals surface area contributed by atoms with Crippen molar-refractivity contribution in [2.75, 3.05) is 5.75 Å². The molecular weight excluding hydrogens is 404 g/mol. The number of unbranched alkanes of at least 4 members (excludes halogenated alkanes) is 1. The van der Waals surface area contributed by atoms with Gasteiger partial charge in [0.25, 0.3) is 0 Å². The molecule has 0 saturated carbocycles. The van der Waals surface area contributed by atoms with E-state index >= 15 is 0 Å². The summed E-state index contributed by atoms with van der Waals surface area (Å²) in [5.74, 6) is 1.45. The van der Waals surface area contributed by atoms with Gasteiger partial charge in [-0.1, -0.05) is 73.1 Å². The SMILES string of the molecule is CCCCS(=O)(=O)NCc1nnc(SCc2ccccc2)n1-c1ccc(C)cc1. The molecule has 1 aromatic heterocycles. The summed E-state index contributed by atoms with van der Waals surface area (Å²) < 4.78 is 29.0. The van der Waals surface area contributed by atoms with Crippen molar-refractivity contribution in [1.82, 2.24) is 19.5 Å². The Labute approximate surface area is 176 Å². The van der Waals surface area contributed by atoms with E-state index in [0.29, 0.717) is 12.2 Å². The number of aryl methyl sites for hydroxylation is 1. The lowest BCUT2D eigenvalue weighted by atomic mass is 10.2. The van der Waals surface area contributed by atoms with E-state index < -0.39 is 10.0 Å². The number of hydrogen-bond donors (Lipinski definition) is 1. The van der Waals surface area contributed by atoms with Gasteiger partial charge in [0.1, 0.15) is 0 Å². The van der Waals surface area contributed by atoms with Crippen molar-refractivity contribution in [2.24, 2.45) is 0 Å². The van der Waals surface area contributed by atoms with Gasteiger partial charge in [-0.2, -0.15) is 0 Å². The number of thioether (sulfide) groups is 1.